The maximum atomic E-state index is 14.8. The van der Waals surface area contributed by atoms with E-state index >= 15 is 0 Å². The number of carboxylic acids is 1. The lowest BCUT2D eigenvalue weighted by atomic mass is 9.87. The molecule has 3 amide bonds. The summed E-state index contributed by atoms with van der Waals surface area (Å²) in [7, 11) is -4.83. The molecule has 5 aromatic rings. The van der Waals surface area contributed by atoms with E-state index in [-0.39, 0.29) is 55.5 Å². The van der Waals surface area contributed by atoms with Gasteiger partial charge >= 0.3 is 13.8 Å². The van der Waals surface area contributed by atoms with Crippen LogP contribution in [0.3, 0.4) is 0 Å². The van der Waals surface area contributed by atoms with Gasteiger partial charge in [0.2, 0.25) is 17.7 Å². The Bertz CT molecular complexity index is 2560. The van der Waals surface area contributed by atoms with Gasteiger partial charge < -0.3 is 25.6 Å². The number of fused-ring (bicyclic) bond motifs is 2. The lowest BCUT2D eigenvalue weighted by molar-refractivity contribution is -0.142. The van der Waals surface area contributed by atoms with Gasteiger partial charge in [-0.3, -0.25) is 33.8 Å². The quantitative estimate of drug-likeness (QED) is 0.0326. The molecular formula is C50H58N3O11PS. The summed E-state index contributed by atoms with van der Waals surface area (Å²) < 4.78 is 15.9. The van der Waals surface area contributed by atoms with Crippen molar-refractivity contribution in [2.45, 2.75) is 83.8 Å². The van der Waals surface area contributed by atoms with Crippen molar-refractivity contribution >= 4 is 76.4 Å². The SMILES string of the molecule is CSCCC(NC(C)=O)C(=O)CC(CC(C)C)C(=O)NC(Cc1ccc2ccccc2c1)C(=O)CC(Cc1ccc2ccccc2c1)C(=O)NC(Cc1ccc(OP(=O)(O)O)cc1)C(=O)O. The standard InChI is InChI=1S/C50H58N3O11PS/c1-31(2)23-40(29-46(55)43(21-22-66-4)51-32(3)54)48(57)52-44(28-35-14-18-37-10-6-8-12-39(37)25-35)47(56)30-41(26-34-13-17-36-9-5-7-11-38(36)24-34)49(58)53-45(50(59)60)27-33-15-19-42(20-16-33)64-65(61,62)63/h5-20,24-25,31,40-41,43-45H,21-23,26-30H2,1-4H3,(H,51,54)(H,52,57)(H,53,58)(H,59,60)(H2,61,62,63). The Morgan fingerprint density at radius 1 is 0.621 bits per heavy atom. The fourth-order valence-corrected chi connectivity index (χ4v) is 8.88. The number of rotatable bonds is 25. The number of ketones is 2. The van der Waals surface area contributed by atoms with E-state index in [1.165, 1.54) is 43.0 Å². The molecule has 0 bridgehead atoms. The molecule has 66 heavy (non-hydrogen) atoms. The van der Waals surface area contributed by atoms with E-state index in [1.807, 2.05) is 105 Å². The molecule has 5 unspecified atom stereocenters. The Hall–Kier alpha value is -5.86. The highest BCUT2D eigenvalue weighted by molar-refractivity contribution is 7.98. The molecule has 16 heteroatoms. The summed E-state index contributed by atoms with van der Waals surface area (Å²) in [6, 6.07) is 28.7. The molecule has 14 nitrogen and oxygen atoms in total. The van der Waals surface area contributed by atoms with E-state index in [1.54, 1.807) is 0 Å². The maximum absolute atomic E-state index is 14.8. The summed E-state index contributed by atoms with van der Waals surface area (Å²) in [5, 5.41) is 22.4. The van der Waals surface area contributed by atoms with Gasteiger partial charge in [0.15, 0.2) is 11.6 Å². The molecule has 0 aliphatic rings. The predicted octanol–water partition coefficient (Wildman–Crippen LogP) is 7.00. The van der Waals surface area contributed by atoms with Crippen LogP contribution in [0.15, 0.2) is 109 Å². The highest BCUT2D eigenvalue weighted by Gasteiger charge is 2.34. The normalized spacial score (nSPS) is 13.9. The molecule has 0 aromatic heterocycles. The van der Waals surface area contributed by atoms with Crippen LogP contribution in [0.5, 0.6) is 5.75 Å². The maximum Gasteiger partial charge on any atom is 0.524 e. The average molecular weight is 940 g/mol. The Labute approximate surface area is 388 Å². The lowest BCUT2D eigenvalue weighted by Crippen LogP contribution is -2.49. The third-order valence-corrected chi connectivity index (χ3v) is 12.3. The van der Waals surface area contributed by atoms with Crippen molar-refractivity contribution in [2.24, 2.45) is 17.8 Å². The number of amides is 3. The van der Waals surface area contributed by atoms with Gasteiger partial charge in [0.1, 0.15) is 11.8 Å². The summed E-state index contributed by atoms with van der Waals surface area (Å²) in [6.45, 7) is 5.19. The number of phosphoric ester groups is 1. The van der Waals surface area contributed by atoms with Crippen molar-refractivity contribution in [1.82, 2.24) is 16.0 Å². The van der Waals surface area contributed by atoms with Crippen molar-refractivity contribution in [1.29, 1.82) is 0 Å². The van der Waals surface area contributed by atoms with Crippen LogP contribution in [0.1, 0.15) is 63.1 Å². The number of Topliss-reactive ketones (excluding diaryl/α,β-unsaturated/α-hetero) is 2. The van der Waals surface area contributed by atoms with Crippen LogP contribution in [0.25, 0.3) is 21.5 Å². The van der Waals surface area contributed by atoms with Crippen molar-refractivity contribution in [3.05, 3.63) is 126 Å². The van der Waals surface area contributed by atoms with E-state index in [2.05, 4.69) is 20.5 Å². The van der Waals surface area contributed by atoms with Crippen molar-refractivity contribution in [2.75, 3.05) is 12.0 Å². The first-order valence-electron chi connectivity index (χ1n) is 21.8. The van der Waals surface area contributed by atoms with Gasteiger partial charge in [-0.25, -0.2) is 9.36 Å². The number of hydrogen-bond donors (Lipinski definition) is 6. The monoisotopic (exact) mass is 939 g/mol. The molecule has 0 fully saturated rings. The van der Waals surface area contributed by atoms with Gasteiger partial charge in [0.25, 0.3) is 0 Å². The number of benzene rings is 5. The number of hydrogen-bond acceptors (Lipinski definition) is 9. The van der Waals surface area contributed by atoms with Gasteiger partial charge in [-0.15, -0.1) is 0 Å². The van der Waals surface area contributed by atoms with Gasteiger partial charge in [0, 0.05) is 38.0 Å². The summed E-state index contributed by atoms with van der Waals surface area (Å²) in [6.07, 6.45) is 1.97. The lowest BCUT2D eigenvalue weighted by Gasteiger charge is -2.26. The molecule has 0 saturated carbocycles. The summed E-state index contributed by atoms with van der Waals surface area (Å²) in [5.74, 6) is -5.15. The third kappa shape index (κ3) is 15.9. The van der Waals surface area contributed by atoms with E-state index in [0.717, 1.165) is 32.7 Å². The fraction of sp³-hybridized carbons (Fsp3) is 0.360. The molecule has 5 aromatic carbocycles. The smallest absolute Gasteiger partial charge is 0.480 e. The Kier molecular flexibility index (Phi) is 18.6. The Balaban J connectivity index is 1.46. The first kappa shape index (κ1) is 51.1. The third-order valence-electron chi connectivity index (χ3n) is 11.2. The second-order valence-electron chi connectivity index (χ2n) is 17.1. The molecule has 6 N–H and O–H groups in total. The van der Waals surface area contributed by atoms with E-state index in [4.69, 9.17) is 9.79 Å². The Morgan fingerprint density at radius 2 is 1.11 bits per heavy atom. The molecular weight excluding hydrogens is 882 g/mol. The first-order valence-corrected chi connectivity index (χ1v) is 24.7. The topological polar surface area (TPSA) is 225 Å². The predicted molar refractivity (Wildman–Crippen MR) is 256 cm³/mol. The van der Waals surface area contributed by atoms with Crippen LogP contribution >= 0.6 is 19.6 Å². The molecule has 0 radical (unpaired) electrons. The minimum atomic E-state index is -4.83. The molecule has 0 aliphatic carbocycles. The van der Waals surface area contributed by atoms with Gasteiger partial charge in [-0.1, -0.05) is 111 Å². The van der Waals surface area contributed by atoms with Crippen LogP contribution in [0.4, 0.5) is 0 Å². The molecule has 5 rings (SSSR count). The van der Waals surface area contributed by atoms with Crippen LogP contribution in [0.2, 0.25) is 0 Å². The van der Waals surface area contributed by atoms with Crippen LogP contribution in [-0.2, 0) is 52.6 Å². The number of nitrogens with one attached hydrogen (secondary N) is 3. The molecule has 350 valence electrons. The number of phosphoric acid groups is 1. The number of thioether (sulfide) groups is 1. The molecule has 0 spiro atoms. The van der Waals surface area contributed by atoms with Crippen molar-refractivity contribution in [3.8, 4) is 5.75 Å². The van der Waals surface area contributed by atoms with Crippen LogP contribution in [0, 0.1) is 17.8 Å². The molecule has 0 saturated heterocycles. The highest BCUT2D eigenvalue weighted by atomic mass is 32.2. The van der Waals surface area contributed by atoms with Crippen LogP contribution in [-0.4, -0.2) is 80.3 Å². The molecule has 0 heterocycles. The summed E-state index contributed by atoms with van der Waals surface area (Å²) >= 11 is 1.53. The largest absolute Gasteiger partial charge is 0.524 e. The summed E-state index contributed by atoms with van der Waals surface area (Å²) in [5.41, 5.74) is 1.88. The number of carbonyl (C=O) groups is 6. The second kappa shape index (κ2) is 24.1. The average Bonchev–Trinajstić information content (AvgIpc) is 3.26. The minimum absolute atomic E-state index is 0.00296. The molecule has 5 atom stereocenters. The highest BCUT2D eigenvalue weighted by Crippen LogP contribution is 2.37. The minimum Gasteiger partial charge on any atom is -0.480 e. The molecule has 0 aliphatic heterocycles. The zero-order chi connectivity index (χ0) is 48.0. The first-order chi connectivity index (χ1) is 31.4. The fourth-order valence-electron chi connectivity index (χ4n) is 8.01. The second-order valence-corrected chi connectivity index (χ2v) is 19.2. The number of carboxylic acid groups (broad SMARTS) is 1. The summed E-state index contributed by atoms with van der Waals surface area (Å²) in [4.78, 5) is 100. The van der Waals surface area contributed by atoms with Gasteiger partial charge in [-0.05, 0) is 94.0 Å². The number of aliphatic carboxylic acids is 1. The van der Waals surface area contributed by atoms with Gasteiger partial charge in [0.05, 0.1) is 12.1 Å². The zero-order valence-electron chi connectivity index (χ0n) is 37.5. The van der Waals surface area contributed by atoms with Crippen molar-refractivity contribution < 1.29 is 52.7 Å². The zero-order valence-corrected chi connectivity index (χ0v) is 39.2. The van der Waals surface area contributed by atoms with Crippen molar-refractivity contribution in [3.63, 3.8) is 0 Å². The van der Waals surface area contributed by atoms with Crippen LogP contribution < -0.4 is 20.5 Å². The van der Waals surface area contributed by atoms with E-state index in [0.29, 0.717) is 24.2 Å². The Morgan fingerprint density at radius 3 is 1.64 bits per heavy atom. The van der Waals surface area contributed by atoms with E-state index in [9.17, 15) is 38.4 Å². The number of carbonyl (C=O) groups excluding carboxylic acids is 5. The van der Waals surface area contributed by atoms with E-state index < -0.39 is 61.4 Å². The van der Waals surface area contributed by atoms with Gasteiger partial charge in [-0.2, -0.15) is 11.8 Å².